The third-order valence-corrected chi connectivity index (χ3v) is 2.56. The zero-order valence-electron chi connectivity index (χ0n) is 9.94. The van der Waals surface area contributed by atoms with E-state index in [1.807, 2.05) is 25.1 Å². The molecular weight excluding hydrogens is 229 g/mol. The molecule has 0 radical (unpaired) electrons. The number of halogens is 1. The number of nitrogens with zero attached hydrogens (tertiary/aromatic N) is 2. The molecule has 1 N–H and O–H groups in total. The van der Waals surface area contributed by atoms with Crippen molar-refractivity contribution in [3.8, 4) is 6.07 Å². The van der Waals surface area contributed by atoms with Crippen LogP contribution in [0.2, 0.25) is 0 Å². The molecular formula is C14H12FN3. The van der Waals surface area contributed by atoms with E-state index in [-0.39, 0.29) is 5.56 Å². The van der Waals surface area contributed by atoms with Gasteiger partial charge in [0.15, 0.2) is 0 Å². The van der Waals surface area contributed by atoms with Gasteiger partial charge in [0.05, 0.1) is 17.9 Å². The van der Waals surface area contributed by atoms with E-state index in [0.29, 0.717) is 12.2 Å². The van der Waals surface area contributed by atoms with Gasteiger partial charge < -0.3 is 5.32 Å². The maximum absolute atomic E-state index is 13.4. The summed E-state index contributed by atoms with van der Waals surface area (Å²) in [5, 5.41) is 11.9. The van der Waals surface area contributed by atoms with E-state index in [1.54, 1.807) is 18.3 Å². The molecule has 0 aliphatic rings. The van der Waals surface area contributed by atoms with E-state index in [2.05, 4.69) is 10.3 Å². The Kier molecular flexibility index (Phi) is 3.54. The van der Waals surface area contributed by atoms with Gasteiger partial charge in [-0.1, -0.05) is 12.1 Å². The number of nitrogens with one attached hydrogen (secondary N) is 1. The summed E-state index contributed by atoms with van der Waals surface area (Å²) in [5.41, 5.74) is 2.44. The van der Waals surface area contributed by atoms with Gasteiger partial charge in [-0.05, 0) is 30.7 Å². The van der Waals surface area contributed by atoms with Crippen LogP contribution in [0.1, 0.15) is 16.8 Å². The molecule has 0 unspecified atom stereocenters. The molecule has 0 fully saturated rings. The highest BCUT2D eigenvalue weighted by Crippen LogP contribution is 2.18. The molecule has 1 heterocycles. The van der Waals surface area contributed by atoms with Crippen molar-refractivity contribution >= 4 is 5.69 Å². The molecule has 0 amide bonds. The van der Waals surface area contributed by atoms with Crippen molar-refractivity contribution in [3.63, 3.8) is 0 Å². The predicted molar refractivity (Wildman–Crippen MR) is 67.4 cm³/mol. The summed E-state index contributed by atoms with van der Waals surface area (Å²) in [6.07, 6.45) is 1.77. The molecule has 0 saturated heterocycles. The minimum Gasteiger partial charge on any atom is -0.378 e. The highest BCUT2D eigenvalue weighted by atomic mass is 19.1. The molecule has 3 nitrogen and oxygen atoms in total. The monoisotopic (exact) mass is 241 g/mol. The fourth-order valence-electron chi connectivity index (χ4n) is 1.57. The molecule has 2 aromatic rings. The quantitative estimate of drug-likeness (QED) is 0.898. The third kappa shape index (κ3) is 2.64. The van der Waals surface area contributed by atoms with Crippen LogP contribution in [-0.2, 0) is 6.54 Å². The lowest BCUT2D eigenvalue weighted by Gasteiger charge is -2.08. The number of hydrogen-bond acceptors (Lipinski definition) is 3. The Labute approximate surface area is 105 Å². The first-order valence-electron chi connectivity index (χ1n) is 5.54. The van der Waals surface area contributed by atoms with Crippen LogP contribution < -0.4 is 5.32 Å². The second-order valence-electron chi connectivity index (χ2n) is 3.95. The summed E-state index contributed by atoms with van der Waals surface area (Å²) in [6.45, 7) is 2.42. The molecule has 1 aromatic heterocycles. The molecule has 0 saturated carbocycles. The minimum absolute atomic E-state index is 0.0320. The molecule has 0 atom stereocenters. The first-order valence-corrected chi connectivity index (χ1v) is 5.54. The van der Waals surface area contributed by atoms with Crippen LogP contribution in [0.5, 0.6) is 0 Å². The van der Waals surface area contributed by atoms with E-state index in [1.165, 1.54) is 6.07 Å². The first kappa shape index (κ1) is 12.1. The summed E-state index contributed by atoms with van der Waals surface area (Å²) < 4.78 is 13.4. The Balaban J connectivity index is 2.14. The van der Waals surface area contributed by atoms with Crippen molar-refractivity contribution in [2.24, 2.45) is 0 Å². The number of benzene rings is 1. The lowest BCUT2D eigenvalue weighted by molar-refractivity contribution is 0.624. The van der Waals surface area contributed by atoms with Gasteiger partial charge in [-0.2, -0.15) is 5.26 Å². The van der Waals surface area contributed by atoms with Crippen molar-refractivity contribution in [1.82, 2.24) is 4.98 Å². The number of pyridine rings is 1. The van der Waals surface area contributed by atoms with Gasteiger partial charge in [0.1, 0.15) is 17.4 Å². The summed E-state index contributed by atoms with van der Waals surface area (Å²) in [5.74, 6) is -0.514. The van der Waals surface area contributed by atoms with E-state index in [9.17, 15) is 4.39 Å². The highest BCUT2D eigenvalue weighted by molar-refractivity contribution is 5.57. The minimum atomic E-state index is -0.514. The van der Waals surface area contributed by atoms with Crippen LogP contribution in [0.3, 0.4) is 0 Å². The first-order chi connectivity index (χ1) is 8.70. The smallest absolute Gasteiger partial charge is 0.143 e. The normalized spacial score (nSPS) is 9.83. The second kappa shape index (κ2) is 5.28. The number of aryl methyl sites for hydroxylation is 1. The lowest BCUT2D eigenvalue weighted by atomic mass is 10.2. The van der Waals surface area contributed by atoms with Gasteiger partial charge in [-0.25, -0.2) is 4.39 Å². The highest BCUT2D eigenvalue weighted by Gasteiger charge is 2.07. The van der Waals surface area contributed by atoms with Crippen LogP contribution >= 0.6 is 0 Å². The maximum Gasteiger partial charge on any atom is 0.143 e. The molecule has 2 rings (SSSR count). The van der Waals surface area contributed by atoms with E-state index >= 15 is 0 Å². The Bertz CT molecular complexity index is 585. The van der Waals surface area contributed by atoms with Crippen molar-refractivity contribution in [1.29, 1.82) is 5.26 Å². The fourth-order valence-corrected chi connectivity index (χ4v) is 1.57. The molecule has 0 spiro atoms. The zero-order valence-corrected chi connectivity index (χ0v) is 9.94. The molecule has 4 heteroatoms. The van der Waals surface area contributed by atoms with Crippen LogP contribution in [0.15, 0.2) is 36.5 Å². The second-order valence-corrected chi connectivity index (χ2v) is 3.95. The number of hydrogen-bond donors (Lipinski definition) is 1. The number of aromatic nitrogens is 1. The fraction of sp³-hybridized carbons (Fsp3) is 0.143. The average Bonchev–Trinajstić information content (AvgIpc) is 2.38. The zero-order chi connectivity index (χ0) is 13.0. The maximum atomic E-state index is 13.4. The SMILES string of the molecule is Cc1ccc(CNc2cccc(F)c2C#N)nc1. The number of rotatable bonds is 3. The van der Waals surface area contributed by atoms with Gasteiger partial charge in [0, 0.05) is 6.20 Å². The van der Waals surface area contributed by atoms with Gasteiger partial charge in [0.25, 0.3) is 0 Å². The summed E-state index contributed by atoms with van der Waals surface area (Å²) in [7, 11) is 0. The summed E-state index contributed by atoms with van der Waals surface area (Å²) in [6, 6.07) is 10.2. The average molecular weight is 241 g/mol. The Morgan fingerprint density at radius 1 is 1.33 bits per heavy atom. The third-order valence-electron chi connectivity index (χ3n) is 2.56. The lowest BCUT2D eigenvalue weighted by Crippen LogP contribution is -2.04. The van der Waals surface area contributed by atoms with E-state index in [0.717, 1.165) is 11.3 Å². The Morgan fingerprint density at radius 3 is 2.83 bits per heavy atom. The van der Waals surface area contributed by atoms with Gasteiger partial charge in [-0.3, -0.25) is 4.98 Å². The van der Waals surface area contributed by atoms with Crippen molar-refractivity contribution in [2.45, 2.75) is 13.5 Å². The molecule has 1 aromatic carbocycles. The van der Waals surface area contributed by atoms with Crippen LogP contribution in [0, 0.1) is 24.1 Å². The molecule has 0 bridgehead atoms. The Morgan fingerprint density at radius 2 is 2.17 bits per heavy atom. The largest absolute Gasteiger partial charge is 0.378 e. The topological polar surface area (TPSA) is 48.7 Å². The van der Waals surface area contributed by atoms with Crippen molar-refractivity contribution in [2.75, 3.05) is 5.32 Å². The van der Waals surface area contributed by atoms with Crippen molar-refractivity contribution < 1.29 is 4.39 Å². The van der Waals surface area contributed by atoms with E-state index < -0.39 is 5.82 Å². The standard InChI is InChI=1S/C14H12FN3/c1-10-5-6-11(17-8-10)9-18-14-4-2-3-13(15)12(14)7-16/h2-6,8,18H,9H2,1H3. The number of anilines is 1. The van der Waals surface area contributed by atoms with Gasteiger partial charge >= 0.3 is 0 Å². The van der Waals surface area contributed by atoms with E-state index in [4.69, 9.17) is 5.26 Å². The van der Waals surface area contributed by atoms with Crippen LogP contribution in [-0.4, -0.2) is 4.98 Å². The number of nitriles is 1. The van der Waals surface area contributed by atoms with Gasteiger partial charge in [-0.15, -0.1) is 0 Å². The van der Waals surface area contributed by atoms with Crippen LogP contribution in [0.4, 0.5) is 10.1 Å². The Hall–Kier alpha value is -2.41. The predicted octanol–water partition coefficient (Wildman–Crippen LogP) is 3.01. The van der Waals surface area contributed by atoms with Crippen LogP contribution in [0.25, 0.3) is 0 Å². The summed E-state index contributed by atoms with van der Waals surface area (Å²) >= 11 is 0. The molecule has 0 aliphatic carbocycles. The van der Waals surface area contributed by atoms with Gasteiger partial charge in [0.2, 0.25) is 0 Å². The molecule has 90 valence electrons. The van der Waals surface area contributed by atoms with Crippen molar-refractivity contribution in [3.05, 3.63) is 59.2 Å². The molecule has 18 heavy (non-hydrogen) atoms. The molecule has 0 aliphatic heterocycles. The summed E-state index contributed by atoms with van der Waals surface area (Å²) in [4.78, 5) is 4.23.